The number of hydrogen-bond donors (Lipinski definition) is 1. The third kappa shape index (κ3) is 2.71. The van der Waals surface area contributed by atoms with E-state index in [0.717, 1.165) is 12.7 Å². The molecule has 6 heteroatoms. The first kappa shape index (κ1) is 15.6. The Hall–Kier alpha value is -1.24. The van der Waals surface area contributed by atoms with Crippen molar-refractivity contribution in [3.63, 3.8) is 0 Å². The summed E-state index contributed by atoms with van der Waals surface area (Å²) in [6, 6.07) is 0. The van der Waals surface area contributed by atoms with E-state index in [1.54, 1.807) is 6.08 Å². The van der Waals surface area contributed by atoms with Crippen LogP contribution in [0.5, 0.6) is 0 Å². The van der Waals surface area contributed by atoms with Crippen LogP contribution in [-0.2, 0) is 23.8 Å². The second-order valence-corrected chi connectivity index (χ2v) is 6.63. The zero-order valence-electron chi connectivity index (χ0n) is 12.9. The normalized spacial score (nSPS) is 44.4. The van der Waals surface area contributed by atoms with Gasteiger partial charge in [-0.05, 0) is 31.4 Å². The summed E-state index contributed by atoms with van der Waals surface area (Å²) in [7, 11) is 1.52. The predicted molar refractivity (Wildman–Crippen MR) is 76.0 cm³/mol. The van der Waals surface area contributed by atoms with Gasteiger partial charge in [-0.3, -0.25) is 9.59 Å². The summed E-state index contributed by atoms with van der Waals surface area (Å²) in [6.07, 6.45) is 2.99. The van der Waals surface area contributed by atoms with Gasteiger partial charge in [0.05, 0.1) is 30.3 Å². The Balaban J connectivity index is 1.92. The maximum absolute atomic E-state index is 12.1. The fourth-order valence-corrected chi connectivity index (χ4v) is 3.75. The van der Waals surface area contributed by atoms with Crippen LogP contribution in [-0.4, -0.2) is 55.0 Å². The Kier molecular flexibility index (Phi) is 4.09. The predicted octanol–water partition coefficient (Wildman–Crippen LogP) is 0.618. The van der Waals surface area contributed by atoms with Crippen LogP contribution in [0.3, 0.4) is 0 Å². The molecule has 3 rings (SSSR count). The number of ether oxygens (including phenoxy) is 3. The molecule has 2 heterocycles. The summed E-state index contributed by atoms with van der Waals surface area (Å²) in [6.45, 7) is 2.16. The van der Waals surface area contributed by atoms with Gasteiger partial charge in [-0.2, -0.15) is 0 Å². The summed E-state index contributed by atoms with van der Waals surface area (Å²) in [5.74, 6) is -1.31. The minimum absolute atomic E-state index is 0.0564. The second kappa shape index (κ2) is 5.76. The molecule has 0 bridgehead atoms. The first-order chi connectivity index (χ1) is 10.5. The monoisotopic (exact) mass is 310 g/mol. The fraction of sp³-hybridized carbons (Fsp3) is 0.750. The summed E-state index contributed by atoms with van der Waals surface area (Å²) >= 11 is 0. The van der Waals surface area contributed by atoms with E-state index in [9.17, 15) is 14.7 Å². The van der Waals surface area contributed by atoms with Crippen LogP contribution in [0, 0.1) is 11.8 Å². The van der Waals surface area contributed by atoms with Gasteiger partial charge in [-0.1, -0.05) is 0 Å². The smallest absolute Gasteiger partial charge is 0.312 e. The van der Waals surface area contributed by atoms with Gasteiger partial charge in [0.25, 0.3) is 0 Å². The maximum atomic E-state index is 12.1. The Morgan fingerprint density at radius 3 is 3.00 bits per heavy atom. The van der Waals surface area contributed by atoms with Crippen LogP contribution < -0.4 is 0 Å². The molecule has 6 nitrogen and oxygen atoms in total. The quantitative estimate of drug-likeness (QED) is 0.467. The number of allylic oxidation sites excluding steroid dienone is 1. The minimum Gasteiger partial charge on any atom is -0.457 e. The van der Waals surface area contributed by atoms with E-state index in [1.165, 1.54) is 7.11 Å². The van der Waals surface area contributed by atoms with E-state index < -0.39 is 24.0 Å². The van der Waals surface area contributed by atoms with Gasteiger partial charge >= 0.3 is 5.97 Å². The lowest BCUT2D eigenvalue weighted by Crippen LogP contribution is -2.37. The van der Waals surface area contributed by atoms with Gasteiger partial charge in [0.2, 0.25) is 0 Å². The largest absolute Gasteiger partial charge is 0.457 e. The number of aliphatic hydroxyl groups excluding tert-OH is 1. The molecule has 1 N–H and O–H groups in total. The first-order valence-corrected chi connectivity index (χ1v) is 7.69. The lowest BCUT2D eigenvalue weighted by atomic mass is 9.80. The topological polar surface area (TPSA) is 85.4 Å². The number of carbonyl (C=O) groups excluding carboxylic acids is 2. The number of rotatable bonds is 3. The Bertz CT molecular complexity index is 501. The highest BCUT2D eigenvalue weighted by atomic mass is 16.6. The van der Waals surface area contributed by atoms with Gasteiger partial charge in [0, 0.05) is 19.4 Å². The van der Waals surface area contributed by atoms with E-state index in [2.05, 4.69) is 0 Å². The number of esters is 1. The molecule has 6 unspecified atom stereocenters. The highest BCUT2D eigenvalue weighted by Crippen LogP contribution is 2.47. The van der Waals surface area contributed by atoms with E-state index in [0.29, 0.717) is 18.4 Å². The minimum atomic E-state index is -0.742. The molecule has 0 aromatic heterocycles. The van der Waals surface area contributed by atoms with Gasteiger partial charge < -0.3 is 19.3 Å². The van der Waals surface area contributed by atoms with Crippen molar-refractivity contribution in [3.8, 4) is 0 Å². The molecule has 0 spiro atoms. The molecule has 122 valence electrons. The highest BCUT2D eigenvalue weighted by Gasteiger charge is 2.56. The standard InChI is InChI=1S/C16H22O6/c1-16-6-11(18)14-10(8-20-2)15(19)21-12(14)5-9(7-17)3-4-13(16)22-16/h5,7,10-14,18H,3-4,6,8H2,1-2H3. The number of hydrogen-bond acceptors (Lipinski definition) is 6. The van der Waals surface area contributed by atoms with Gasteiger partial charge in [-0.25, -0.2) is 0 Å². The molecular weight excluding hydrogens is 288 g/mol. The summed E-state index contributed by atoms with van der Waals surface area (Å²) < 4.78 is 16.2. The number of fused-ring (bicyclic) bond motifs is 2. The van der Waals surface area contributed by atoms with Crippen molar-refractivity contribution in [3.05, 3.63) is 11.6 Å². The molecule has 0 amide bonds. The number of methoxy groups -OCH3 is 1. The van der Waals surface area contributed by atoms with E-state index in [1.807, 2.05) is 6.92 Å². The van der Waals surface area contributed by atoms with Crippen molar-refractivity contribution in [2.75, 3.05) is 13.7 Å². The fourth-order valence-electron chi connectivity index (χ4n) is 3.75. The number of aldehydes is 1. The van der Waals surface area contributed by atoms with Crippen LogP contribution in [0.1, 0.15) is 26.2 Å². The van der Waals surface area contributed by atoms with E-state index >= 15 is 0 Å². The zero-order valence-corrected chi connectivity index (χ0v) is 12.9. The lowest BCUT2D eigenvalue weighted by molar-refractivity contribution is -0.144. The molecule has 0 aromatic rings. The molecule has 0 aromatic carbocycles. The maximum Gasteiger partial charge on any atom is 0.312 e. The molecule has 2 saturated heterocycles. The summed E-state index contributed by atoms with van der Waals surface area (Å²) in [4.78, 5) is 23.3. The summed E-state index contributed by atoms with van der Waals surface area (Å²) in [5.41, 5.74) is 0.214. The second-order valence-electron chi connectivity index (χ2n) is 6.63. The molecule has 1 aliphatic carbocycles. The molecule has 6 atom stereocenters. The zero-order chi connectivity index (χ0) is 15.9. The van der Waals surface area contributed by atoms with Crippen LogP contribution in [0.15, 0.2) is 11.6 Å². The lowest BCUT2D eigenvalue weighted by Gasteiger charge is -2.26. The van der Waals surface area contributed by atoms with Gasteiger partial charge in [-0.15, -0.1) is 0 Å². The van der Waals surface area contributed by atoms with Crippen molar-refractivity contribution < 1.29 is 28.9 Å². The van der Waals surface area contributed by atoms with Crippen molar-refractivity contribution >= 4 is 12.3 Å². The van der Waals surface area contributed by atoms with Crippen LogP contribution in [0.4, 0.5) is 0 Å². The first-order valence-electron chi connectivity index (χ1n) is 7.69. The Labute approximate surface area is 129 Å². The van der Waals surface area contributed by atoms with Crippen molar-refractivity contribution in [2.45, 2.75) is 50.1 Å². The molecule has 3 aliphatic rings. The SMILES string of the molecule is COCC1C(=O)OC2C=C(C=O)CCC3OC3(C)CC(O)C21. The third-order valence-corrected chi connectivity index (χ3v) is 5.06. The average Bonchev–Trinajstić information content (AvgIpc) is 3.00. The van der Waals surface area contributed by atoms with Crippen molar-refractivity contribution in [1.82, 2.24) is 0 Å². The van der Waals surface area contributed by atoms with Gasteiger partial charge in [0.1, 0.15) is 12.4 Å². The van der Waals surface area contributed by atoms with E-state index in [-0.39, 0.29) is 24.3 Å². The van der Waals surface area contributed by atoms with Crippen LogP contribution in [0.25, 0.3) is 0 Å². The average molecular weight is 310 g/mol. The van der Waals surface area contributed by atoms with Crippen LogP contribution in [0.2, 0.25) is 0 Å². The molecule has 2 fully saturated rings. The Morgan fingerprint density at radius 2 is 2.32 bits per heavy atom. The molecule has 22 heavy (non-hydrogen) atoms. The molecule has 2 aliphatic heterocycles. The van der Waals surface area contributed by atoms with Crippen molar-refractivity contribution in [1.29, 1.82) is 0 Å². The van der Waals surface area contributed by atoms with E-state index in [4.69, 9.17) is 14.2 Å². The summed E-state index contributed by atoms with van der Waals surface area (Å²) in [5, 5.41) is 10.7. The number of aliphatic hydroxyl groups is 1. The Morgan fingerprint density at radius 1 is 1.55 bits per heavy atom. The molecular formula is C16H22O6. The van der Waals surface area contributed by atoms with Crippen molar-refractivity contribution in [2.24, 2.45) is 11.8 Å². The molecule has 0 saturated carbocycles. The number of carbonyl (C=O) groups is 2. The molecule has 0 radical (unpaired) electrons. The number of epoxide rings is 1. The van der Waals surface area contributed by atoms with Crippen LogP contribution >= 0.6 is 0 Å². The third-order valence-electron chi connectivity index (χ3n) is 5.06. The highest BCUT2D eigenvalue weighted by molar-refractivity contribution is 5.77. The van der Waals surface area contributed by atoms with Gasteiger partial charge in [0.15, 0.2) is 0 Å².